The predicted molar refractivity (Wildman–Crippen MR) is 122 cm³/mol. The summed E-state index contributed by atoms with van der Waals surface area (Å²) in [5.41, 5.74) is 2.77. The molecule has 2 aliphatic heterocycles. The van der Waals surface area contributed by atoms with Gasteiger partial charge in [-0.2, -0.15) is 26.3 Å². The topological polar surface area (TPSA) is 155 Å². The van der Waals surface area contributed by atoms with Crippen molar-refractivity contribution in [3.05, 3.63) is 47.1 Å². The number of likely N-dealkylation sites (tertiary alicyclic amines) is 1. The number of halogens is 6. The molecule has 2 aliphatic rings. The molecule has 2 saturated heterocycles. The molecule has 0 aliphatic carbocycles. The van der Waals surface area contributed by atoms with E-state index in [1.165, 1.54) is 5.56 Å². The Morgan fingerprint density at radius 1 is 1.02 bits per heavy atom. The summed E-state index contributed by atoms with van der Waals surface area (Å²) < 4.78 is 74.7. The highest BCUT2D eigenvalue weighted by atomic mass is 19.4. The van der Waals surface area contributed by atoms with Crippen LogP contribution in [-0.4, -0.2) is 87.8 Å². The standard InChI is InChI=1S/C19H24N4O3.2C2HF3O2/c1-12-16(13(2)26-22-12)8-23-9-17-15(11-25-18(17)10-23)7-21-19(24)14-3-5-20-6-4-14;2*3-2(4,5)1(6)7/h3-6,15,17-18H,7-11H2,1-2H3,(H,21,24);2*(H,6,7)/t15-,17+,18+;;/m0../s1. The molecule has 3 N–H and O–H groups in total. The van der Waals surface area contributed by atoms with Crippen LogP contribution < -0.4 is 5.32 Å². The number of hydrogen-bond donors (Lipinski definition) is 3. The molecule has 4 heterocycles. The SMILES string of the molecule is Cc1noc(C)c1CN1C[C@@H]2[C@@H](CNC(=O)c3ccncc3)CO[C@@H]2C1.O=C(O)C(F)(F)F.O=C(O)C(F)(F)F. The summed E-state index contributed by atoms with van der Waals surface area (Å²) in [5.74, 6) is -3.88. The van der Waals surface area contributed by atoms with E-state index in [1.807, 2.05) is 13.8 Å². The van der Waals surface area contributed by atoms with Crippen molar-refractivity contribution < 1.29 is 60.2 Å². The zero-order valence-electron chi connectivity index (χ0n) is 21.1. The van der Waals surface area contributed by atoms with Crippen molar-refractivity contribution in [2.75, 3.05) is 26.2 Å². The van der Waals surface area contributed by atoms with Gasteiger partial charge in [0.05, 0.1) is 18.4 Å². The number of hydrogen-bond acceptors (Lipinski definition) is 8. The maximum atomic E-state index is 12.2. The molecule has 11 nitrogen and oxygen atoms in total. The zero-order valence-corrected chi connectivity index (χ0v) is 21.1. The number of nitrogens with one attached hydrogen (secondary N) is 1. The number of rotatable bonds is 5. The molecule has 0 bridgehead atoms. The lowest BCUT2D eigenvalue weighted by atomic mass is 9.93. The number of alkyl halides is 6. The second-order valence-corrected chi connectivity index (χ2v) is 8.84. The third-order valence-corrected chi connectivity index (χ3v) is 6.03. The Hall–Kier alpha value is -3.73. The molecule has 222 valence electrons. The van der Waals surface area contributed by atoms with Gasteiger partial charge in [-0.25, -0.2) is 9.59 Å². The molecule has 17 heteroatoms. The van der Waals surface area contributed by atoms with Crippen LogP contribution in [0.25, 0.3) is 0 Å². The number of aryl methyl sites for hydroxylation is 2. The molecule has 3 atom stereocenters. The number of fused-ring (bicyclic) bond motifs is 1. The summed E-state index contributed by atoms with van der Waals surface area (Å²) in [4.78, 5) is 36.4. The molecule has 0 radical (unpaired) electrons. The molecule has 0 aromatic carbocycles. The molecule has 2 aromatic rings. The zero-order chi connectivity index (χ0) is 30.3. The van der Waals surface area contributed by atoms with Crippen LogP contribution in [-0.2, 0) is 20.9 Å². The number of aromatic nitrogens is 2. The first kappa shape index (κ1) is 32.5. The molecule has 0 spiro atoms. The fourth-order valence-corrected chi connectivity index (χ4v) is 4.00. The molecule has 0 unspecified atom stereocenters. The molecular weight excluding hydrogens is 558 g/mol. The van der Waals surface area contributed by atoms with Gasteiger partial charge in [-0.1, -0.05) is 5.16 Å². The average molecular weight is 584 g/mol. The van der Waals surface area contributed by atoms with Crippen molar-refractivity contribution >= 4 is 17.8 Å². The first-order valence-electron chi connectivity index (χ1n) is 11.5. The molecule has 2 aromatic heterocycles. The predicted octanol–water partition coefficient (Wildman–Crippen LogP) is 2.83. The molecule has 0 saturated carbocycles. The number of carbonyl (C=O) groups excluding carboxylic acids is 1. The second-order valence-electron chi connectivity index (χ2n) is 8.84. The molecule has 2 fully saturated rings. The maximum Gasteiger partial charge on any atom is 0.490 e. The van der Waals surface area contributed by atoms with E-state index >= 15 is 0 Å². The molecular formula is C23H26F6N4O7. The highest BCUT2D eigenvalue weighted by Crippen LogP contribution is 2.34. The van der Waals surface area contributed by atoms with Crippen molar-refractivity contribution in [1.29, 1.82) is 0 Å². The van der Waals surface area contributed by atoms with Gasteiger partial charge in [0, 0.05) is 61.5 Å². The van der Waals surface area contributed by atoms with Crippen LogP contribution in [0.4, 0.5) is 26.3 Å². The molecule has 40 heavy (non-hydrogen) atoms. The lowest BCUT2D eigenvalue weighted by Gasteiger charge is -2.20. The summed E-state index contributed by atoms with van der Waals surface area (Å²) in [5, 5.41) is 21.3. The number of aliphatic carboxylic acids is 2. The maximum absolute atomic E-state index is 12.2. The Morgan fingerprint density at radius 2 is 1.57 bits per heavy atom. The van der Waals surface area contributed by atoms with Gasteiger partial charge >= 0.3 is 24.3 Å². The van der Waals surface area contributed by atoms with Crippen molar-refractivity contribution in [3.63, 3.8) is 0 Å². The van der Waals surface area contributed by atoms with Crippen LogP contribution in [0.5, 0.6) is 0 Å². The molecule has 4 rings (SSSR count). The third kappa shape index (κ3) is 9.48. The lowest BCUT2D eigenvalue weighted by Crippen LogP contribution is -2.34. The van der Waals surface area contributed by atoms with Gasteiger partial charge in [0.15, 0.2) is 0 Å². The Morgan fingerprint density at radius 3 is 2.05 bits per heavy atom. The quantitative estimate of drug-likeness (QED) is 0.447. The van der Waals surface area contributed by atoms with E-state index in [0.717, 1.165) is 31.1 Å². The fourth-order valence-electron chi connectivity index (χ4n) is 4.00. The van der Waals surface area contributed by atoms with Crippen LogP contribution >= 0.6 is 0 Å². The summed E-state index contributed by atoms with van der Waals surface area (Å²) in [6, 6.07) is 3.45. The number of ether oxygens (including phenoxy) is 1. The third-order valence-electron chi connectivity index (χ3n) is 6.03. The summed E-state index contributed by atoms with van der Waals surface area (Å²) in [7, 11) is 0. The van der Waals surface area contributed by atoms with E-state index in [4.69, 9.17) is 29.1 Å². The van der Waals surface area contributed by atoms with Crippen molar-refractivity contribution in [2.24, 2.45) is 11.8 Å². The van der Waals surface area contributed by atoms with Crippen molar-refractivity contribution in [3.8, 4) is 0 Å². The van der Waals surface area contributed by atoms with Gasteiger partial charge in [-0.15, -0.1) is 0 Å². The minimum absolute atomic E-state index is 0.0542. The van der Waals surface area contributed by atoms with Gasteiger partial charge < -0.3 is 24.8 Å². The fraction of sp³-hybridized carbons (Fsp3) is 0.522. The highest BCUT2D eigenvalue weighted by Gasteiger charge is 2.44. The first-order chi connectivity index (χ1) is 18.5. The number of nitrogens with zero attached hydrogens (tertiary/aromatic N) is 3. The van der Waals surface area contributed by atoms with Crippen molar-refractivity contribution in [2.45, 2.75) is 38.8 Å². The highest BCUT2D eigenvalue weighted by molar-refractivity contribution is 5.93. The monoisotopic (exact) mass is 584 g/mol. The number of carboxylic acid groups (broad SMARTS) is 2. The second kappa shape index (κ2) is 13.6. The van der Waals surface area contributed by atoms with E-state index < -0.39 is 24.3 Å². The van der Waals surface area contributed by atoms with Gasteiger partial charge in [0.2, 0.25) is 0 Å². The van der Waals surface area contributed by atoms with E-state index in [2.05, 4.69) is 20.4 Å². The van der Waals surface area contributed by atoms with Crippen LogP contribution in [0.3, 0.4) is 0 Å². The van der Waals surface area contributed by atoms with Crippen LogP contribution in [0.2, 0.25) is 0 Å². The first-order valence-corrected chi connectivity index (χ1v) is 11.5. The summed E-state index contributed by atoms with van der Waals surface area (Å²) in [6.07, 6.45) is -6.65. The Labute approximate surface area is 223 Å². The largest absolute Gasteiger partial charge is 0.490 e. The summed E-state index contributed by atoms with van der Waals surface area (Å²) >= 11 is 0. The Balaban J connectivity index is 0.000000333. The average Bonchev–Trinajstić information content (AvgIpc) is 3.53. The minimum atomic E-state index is -5.08. The van der Waals surface area contributed by atoms with Crippen molar-refractivity contribution in [1.82, 2.24) is 20.4 Å². The normalized spacial score (nSPS) is 20.4. The van der Waals surface area contributed by atoms with Crippen LogP contribution in [0.1, 0.15) is 27.4 Å². The molecule has 1 amide bonds. The van der Waals surface area contributed by atoms with Gasteiger partial charge in [0.25, 0.3) is 5.91 Å². The number of pyridine rings is 1. The van der Waals surface area contributed by atoms with Crippen LogP contribution in [0, 0.1) is 25.7 Å². The van der Waals surface area contributed by atoms with E-state index in [-0.39, 0.29) is 12.0 Å². The Kier molecular flexibility index (Phi) is 11.0. The van der Waals surface area contributed by atoms with Gasteiger partial charge in [-0.3, -0.25) is 14.7 Å². The number of carboxylic acids is 2. The Bertz CT molecular complexity index is 1110. The van der Waals surface area contributed by atoms with E-state index in [1.54, 1.807) is 24.5 Å². The minimum Gasteiger partial charge on any atom is -0.475 e. The number of amides is 1. The van der Waals surface area contributed by atoms with Gasteiger partial charge in [-0.05, 0) is 26.0 Å². The number of carbonyl (C=O) groups is 3. The van der Waals surface area contributed by atoms with Gasteiger partial charge in [0.1, 0.15) is 5.76 Å². The van der Waals surface area contributed by atoms with E-state index in [9.17, 15) is 31.1 Å². The smallest absolute Gasteiger partial charge is 0.475 e. The summed E-state index contributed by atoms with van der Waals surface area (Å²) in [6.45, 7) is 8.03. The lowest BCUT2D eigenvalue weighted by molar-refractivity contribution is -0.193. The van der Waals surface area contributed by atoms with E-state index in [0.29, 0.717) is 30.6 Å². The van der Waals surface area contributed by atoms with Crippen LogP contribution in [0.15, 0.2) is 29.0 Å².